The van der Waals surface area contributed by atoms with Gasteiger partial charge in [-0.1, -0.05) is 20.8 Å². The lowest BCUT2D eigenvalue weighted by Gasteiger charge is -2.36. The van der Waals surface area contributed by atoms with Crippen molar-refractivity contribution >= 4 is 0 Å². The second-order valence-electron chi connectivity index (χ2n) is 5.07. The van der Waals surface area contributed by atoms with Gasteiger partial charge in [-0.05, 0) is 19.4 Å². The van der Waals surface area contributed by atoms with Crippen LogP contribution < -0.4 is 5.73 Å². The van der Waals surface area contributed by atoms with Crippen molar-refractivity contribution in [3.63, 3.8) is 0 Å². The molecular weight excluding hydrogens is 176 g/mol. The number of hydrogen-bond acceptors (Lipinski definition) is 3. The maximum absolute atomic E-state index is 5.59. The molecule has 3 heteroatoms. The van der Waals surface area contributed by atoms with Gasteiger partial charge in [-0.15, -0.1) is 0 Å². The number of likely N-dealkylation sites (N-methyl/N-ethyl adjacent to an activating group) is 1. The number of hydrogen-bond donors (Lipinski definition) is 1. The third kappa shape index (κ3) is 4.40. The van der Waals surface area contributed by atoms with E-state index in [9.17, 15) is 0 Å². The average Bonchev–Trinajstić information content (AvgIpc) is 2.11. The van der Waals surface area contributed by atoms with Gasteiger partial charge < -0.3 is 15.4 Å². The quantitative estimate of drug-likeness (QED) is 0.731. The van der Waals surface area contributed by atoms with E-state index < -0.39 is 0 Å². The zero-order valence-electron chi connectivity index (χ0n) is 10.5. The van der Waals surface area contributed by atoms with E-state index in [0.717, 1.165) is 6.54 Å². The van der Waals surface area contributed by atoms with Crippen LogP contribution in [0.5, 0.6) is 0 Å². The zero-order chi connectivity index (χ0) is 11.4. The van der Waals surface area contributed by atoms with Crippen molar-refractivity contribution < 1.29 is 4.74 Å². The van der Waals surface area contributed by atoms with Crippen LogP contribution in [0, 0.1) is 5.41 Å². The molecule has 0 saturated heterocycles. The van der Waals surface area contributed by atoms with Gasteiger partial charge in [-0.2, -0.15) is 0 Å². The lowest BCUT2D eigenvalue weighted by Crippen LogP contribution is -2.45. The Labute approximate surface area is 88.6 Å². The van der Waals surface area contributed by atoms with E-state index in [2.05, 4.69) is 39.6 Å². The Morgan fingerprint density at radius 3 is 2.14 bits per heavy atom. The number of nitrogens with zero attached hydrogens (tertiary/aromatic N) is 1. The fourth-order valence-corrected chi connectivity index (χ4v) is 1.39. The molecule has 0 amide bonds. The van der Waals surface area contributed by atoms with E-state index in [-0.39, 0.29) is 6.10 Å². The predicted molar refractivity (Wildman–Crippen MR) is 61.4 cm³/mol. The molecule has 2 N–H and O–H groups in total. The van der Waals surface area contributed by atoms with E-state index >= 15 is 0 Å². The van der Waals surface area contributed by atoms with Crippen LogP contribution in [0.3, 0.4) is 0 Å². The van der Waals surface area contributed by atoms with Gasteiger partial charge in [-0.3, -0.25) is 0 Å². The highest BCUT2D eigenvalue weighted by atomic mass is 16.5. The third-order valence-electron chi connectivity index (χ3n) is 3.00. The van der Waals surface area contributed by atoms with Gasteiger partial charge >= 0.3 is 0 Å². The summed E-state index contributed by atoms with van der Waals surface area (Å²) in [6.45, 7) is 10.5. The average molecular weight is 202 g/mol. The molecule has 0 radical (unpaired) electrons. The topological polar surface area (TPSA) is 38.5 Å². The molecule has 0 rings (SSSR count). The number of nitrogens with two attached hydrogens (primary N) is 1. The highest BCUT2D eigenvalue weighted by molar-refractivity contribution is 4.79. The van der Waals surface area contributed by atoms with Crippen molar-refractivity contribution in [1.29, 1.82) is 0 Å². The maximum atomic E-state index is 5.59. The van der Waals surface area contributed by atoms with Crippen molar-refractivity contribution in [2.24, 2.45) is 11.1 Å². The monoisotopic (exact) mass is 202 g/mol. The van der Waals surface area contributed by atoms with Gasteiger partial charge in [0.05, 0.1) is 6.10 Å². The van der Waals surface area contributed by atoms with Crippen LogP contribution in [-0.4, -0.2) is 44.3 Å². The van der Waals surface area contributed by atoms with Crippen molar-refractivity contribution in [2.75, 3.05) is 27.2 Å². The standard InChI is InChI=1S/C11H26N2O/c1-9(11(2,3)4)13(5)8-10(7-12)14-6/h9-10H,7-8,12H2,1-6H3. The molecule has 0 aliphatic heterocycles. The van der Waals surface area contributed by atoms with E-state index in [1.165, 1.54) is 0 Å². The van der Waals surface area contributed by atoms with E-state index in [0.29, 0.717) is 18.0 Å². The molecule has 0 aliphatic carbocycles. The fourth-order valence-electron chi connectivity index (χ4n) is 1.39. The summed E-state index contributed by atoms with van der Waals surface area (Å²) in [6.07, 6.45) is 0.143. The maximum Gasteiger partial charge on any atom is 0.0820 e. The normalized spacial score (nSPS) is 17.1. The van der Waals surface area contributed by atoms with Gasteiger partial charge in [0, 0.05) is 26.2 Å². The van der Waals surface area contributed by atoms with Crippen molar-refractivity contribution in [3.05, 3.63) is 0 Å². The van der Waals surface area contributed by atoms with Crippen LogP contribution in [0.2, 0.25) is 0 Å². The molecule has 0 aromatic rings. The molecule has 0 spiro atoms. The predicted octanol–water partition coefficient (Wildman–Crippen LogP) is 1.33. The second kappa shape index (κ2) is 5.69. The Morgan fingerprint density at radius 1 is 1.36 bits per heavy atom. The van der Waals surface area contributed by atoms with Crippen LogP contribution >= 0.6 is 0 Å². The smallest absolute Gasteiger partial charge is 0.0820 e. The molecule has 0 saturated carbocycles. The molecule has 0 fully saturated rings. The first-order valence-electron chi connectivity index (χ1n) is 5.26. The molecule has 0 aromatic heterocycles. The third-order valence-corrected chi connectivity index (χ3v) is 3.00. The summed E-state index contributed by atoms with van der Waals surface area (Å²) in [7, 11) is 3.84. The Bertz CT molecular complexity index is 150. The molecular formula is C11H26N2O. The first-order chi connectivity index (χ1) is 6.32. The van der Waals surface area contributed by atoms with Crippen LogP contribution in [0.1, 0.15) is 27.7 Å². The largest absolute Gasteiger partial charge is 0.379 e. The van der Waals surface area contributed by atoms with E-state index in [1.54, 1.807) is 7.11 Å². The lowest BCUT2D eigenvalue weighted by atomic mass is 9.87. The minimum absolute atomic E-state index is 0.143. The van der Waals surface area contributed by atoms with Crippen molar-refractivity contribution in [2.45, 2.75) is 39.8 Å². The molecule has 0 aromatic carbocycles. The van der Waals surface area contributed by atoms with Gasteiger partial charge in [-0.25, -0.2) is 0 Å². The Kier molecular flexibility index (Phi) is 5.64. The van der Waals surface area contributed by atoms with Gasteiger partial charge in [0.1, 0.15) is 0 Å². The van der Waals surface area contributed by atoms with Crippen LogP contribution in [0.25, 0.3) is 0 Å². The molecule has 2 atom stereocenters. The molecule has 0 bridgehead atoms. The van der Waals surface area contributed by atoms with E-state index in [1.807, 2.05) is 0 Å². The molecule has 0 heterocycles. The lowest BCUT2D eigenvalue weighted by molar-refractivity contribution is 0.0455. The first kappa shape index (κ1) is 13.9. The highest BCUT2D eigenvalue weighted by Gasteiger charge is 2.25. The first-order valence-corrected chi connectivity index (χ1v) is 5.26. The Hall–Kier alpha value is -0.120. The molecule has 14 heavy (non-hydrogen) atoms. The fraction of sp³-hybridized carbons (Fsp3) is 1.00. The summed E-state index contributed by atoms with van der Waals surface area (Å²) < 4.78 is 5.27. The second-order valence-corrected chi connectivity index (χ2v) is 5.07. The van der Waals surface area contributed by atoms with Crippen LogP contribution in [0.4, 0.5) is 0 Å². The van der Waals surface area contributed by atoms with Gasteiger partial charge in [0.2, 0.25) is 0 Å². The summed E-state index contributed by atoms with van der Waals surface area (Å²) in [5, 5.41) is 0. The van der Waals surface area contributed by atoms with Crippen molar-refractivity contribution in [1.82, 2.24) is 4.90 Å². The Balaban J connectivity index is 4.13. The molecule has 3 nitrogen and oxygen atoms in total. The number of methoxy groups -OCH3 is 1. The van der Waals surface area contributed by atoms with Crippen molar-refractivity contribution in [3.8, 4) is 0 Å². The van der Waals surface area contributed by atoms with E-state index in [4.69, 9.17) is 10.5 Å². The summed E-state index contributed by atoms with van der Waals surface area (Å²) in [5.74, 6) is 0. The minimum atomic E-state index is 0.143. The summed E-state index contributed by atoms with van der Waals surface area (Å²) in [4.78, 5) is 2.31. The van der Waals surface area contributed by atoms with Gasteiger partial charge in [0.25, 0.3) is 0 Å². The molecule has 2 unspecified atom stereocenters. The number of rotatable bonds is 5. The summed E-state index contributed by atoms with van der Waals surface area (Å²) in [6, 6.07) is 0.520. The zero-order valence-corrected chi connectivity index (χ0v) is 10.5. The summed E-state index contributed by atoms with van der Waals surface area (Å²) >= 11 is 0. The Morgan fingerprint density at radius 2 is 1.86 bits per heavy atom. The van der Waals surface area contributed by atoms with Gasteiger partial charge in [0.15, 0.2) is 0 Å². The highest BCUT2D eigenvalue weighted by Crippen LogP contribution is 2.22. The minimum Gasteiger partial charge on any atom is -0.379 e. The molecule has 86 valence electrons. The van der Waals surface area contributed by atoms with Crippen LogP contribution in [-0.2, 0) is 4.74 Å². The molecule has 0 aliphatic rings. The van der Waals surface area contributed by atoms with Crippen LogP contribution in [0.15, 0.2) is 0 Å². The summed E-state index contributed by atoms with van der Waals surface area (Å²) in [5.41, 5.74) is 5.88. The SMILES string of the molecule is COC(CN)CN(C)C(C)C(C)(C)C. The number of ether oxygens (including phenoxy) is 1.